The monoisotopic (exact) mass is 460 g/mol. The minimum atomic E-state index is 0. The molecule has 0 saturated carbocycles. The molecular weight excluding hydrogens is 347 g/mol. The normalized spacial score (nSPS) is 0. The van der Waals surface area contributed by atoms with Crippen molar-refractivity contribution in [1.29, 1.82) is 0 Å². The Morgan fingerprint density at radius 3 is 0.0690 bits per heavy atom. The zero-order valence-electron chi connectivity index (χ0n) is 0.577. The molecule has 0 amide bonds. The lowest BCUT2D eigenvalue weighted by atomic mass is 10.8. The molecule has 0 saturated heterocycles. The van der Waals surface area contributed by atoms with Crippen LogP contribution in [-0.2, 0) is 0 Å². The van der Waals surface area contributed by atoms with Gasteiger partial charge < -0.3 is 0 Å². The van der Waals surface area contributed by atoms with Gasteiger partial charge in [-0.15, -0.1) is 0 Å². The van der Waals surface area contributed by atoms with Crippen LogP contribution in [-0.4, -0.2) is 8.41 Å². The largest absolute Gasteiger partial charge is 0.0776 e. The minimum Gasteiger partial charge on any atom is -0.0776 e. The van der Waals surface area contributed by atoms with Gasteiger partial charge in [-0.1, -0.05) is 208 Å². The van der Waals surface area contributed by atoms with Crippen LogP contribution >= 0.6 is 0 Å². The second-order valence-electron chi connectivity index (χ2n) is 0. The molecule has 0 aliphatic rings. The maximum absolute atomic E-state index is 0. The van der Waals surface area contributed by atoms with Crippen molar-refractivity contribution in [3.05, 3.63) is 0 Å². The van der Waals surface area contributed by atoms with Crippen LogP contribution in [0.3, 0.4) is 0 Å². The molecule has 1 heteroatoms. The Hall–Kier alpha value is 0.0649. The zero-order valence-corrected chi connectivity index (χ0v) is 0.577. The van der Waals surface area contributed by atoms with Gasteiger partial charge >= 0.3 is 0 Å². The van der Waals surface area contributed by atoms with E-state index < -0.39 is 0 Å². The molecule has 0 unspecified atom stereocenters. The molecule has 0 rings (SSSR count). The highest BCUT2D eigenvalue weighted by atomic mass is 12.0. The molecule has 0 aliphatic heterocycles. The van der Waals surface area contributed by atoms with Crippen LogP contribution in [0.4, 0.5) is 0 Å². The average molecular weight is 460 g/mol. The zero-order chi connectivity index (χ0) is 0. The van der Waals surface area contributed by atoms with E-state index in [1.165, 1.54) is 0 Å². The lowest BCUT2D eigenvalue weighted by Crippen LogP contribution is -0.381. The molecule has 0 N–H and O–H groups in total. The van der Waals surface area contributed by atoms with Crippen LogP contribution in [0.25, 0.3) is 0 Å². The van der Waals surface area contributed by atoms with Gasteiger partial charge in [0.05, 0.1) is 0 Å². The van der Waals surface area contributed by atoms with Gasteiger partial charge in [0.2, 0.25) is 0 Å². The predicted molar refractivity (Wildman–Crippen MR) is 194 cm³/mol. The van der Waals surface area contributed by atoms with Gasteiger partial charge in [0, 0.05) is 8.41 Å². The van der Waals surface area contributed by atoms with Crippen molar-refractivity contribution in [2.24, 2.45) is 0 Å². The Morgan fingerprint density at radius 1 is 0.0690 bits per heavy atom. The fraction of sp³-hybridized carbons (Fsp3) is 1.00. The number of hydrogen-bond donors (Lipinski definition) is 0. The summed E-state index contributed by atoms with van der Waals surface area (Å²) in [5.41, 5.74) is 0. The van der Waals surface area contributed by atoms with E-state index in [2.05, 4.69) is 0 Å². The molecule has 0 aromatic heterocycles. The topological polar surface area (TPSA) is 0 Å². The third kappa shape index (κ3) is 4520000. The van der Waals surface area contributed by atoms with Crippen molar-refractivity contribution in [2.45, 2.75) is 208 Å². The highest BCUT2D eigenvalue weighted by molar-refractivity contribution is 5.75. The number of hydrogen-bond acceptors (Lipinski definition) is 0. The SMILES string of the molecule is C.C.C.C.C.C.C.C.C.C.C.C.C.C.C.C.C.C.C.C.C.C.C.C.C.C.C.C.[B]. The highest BCUT2D eigenvalue weighted by Crippen LogP contribution is 0.171. The molecular formula is C28H112B. The summed E-state index contributed by atoms with van der Waals surface area (Å²) in [5.74, 6) is 0. The van der Waals surface area contributed by atoms with E-state index in [0.29, 0.717) is 0 Å². The van der Waals surface area contributed by atoms with Gasteiger partial charge in [-0.2, -0.15) is 0 Å². The van der Waals surface area contributed by atoms with Crippen LogP contribution in [0.1, 0.15) is 208 Å². The molecule has 0 aliphatic carbocycles. The van der Waals surface area contributed by atoms with Crippen molar-refractivity contribution in [2.75, 3.05) is 0 Å². The van der Waals surface area contributed by atoms with Gasteiger partial charge in [-0.25, -0.2) is 0 Å². The van der Waals surface area contributed by atoms with Gasteiger partial charge in [0.15, 0.2) is 0 Å². The van der Waals surface area contributed by atoms with Crippen molar-refractivity contribution < 1.29 is 0 Å². The van der Waals surface area contributed by atoms with Crippen LogP contribution in [0, 0.1) is 0 Å². The van der Waals surface area contributed by atoms with E-state index in [9.17, 15) is 0 Å². The van der Waals surface area contributed by atoms with E-state index in [-0.39, 0.29) is 216 Å². The third-order valence-corrected chi connectivity index (χ3v) is 0. The summed E-state index contributed by atoms with van der Waals surface area (Å²) in [7, 11) is 0. The van der Waals surface area contributed by atoms with Gasteiger partial charge in [0.1, 0.15) is 0 Å². The summed E-state index contributed by atoms with van der Waals surface area (Å²) in [4.78, 5) is 0. The predicted octanol–water partition coefficient (Wildman–Crippen LogP) is 17.4. The van der Waals surface area contributed by atoms with Crippen molar-refractivity contribution >= 4 is 8.41 Å². The summed E-state index contributed by atoms with van der Waals surface area (Å²) in [6, 6.07) is 0. The molecule has 3 radical (unpaired) electrons. The van der Waals surface area contributed by atoms with Crippen LogP contribution in [0.2, 0.25) is 0 Å². The van der Waals surface area contributed by atoms with Crippen molar-refractivity contribution in [3.63, 3.8) is 0 Å². The third-order valence-electron chi connectivity index (χ3n) is 0. The molecule has 0 bridgehead atoms. The maximum Gasteiger partial charge on any atom is 0 e. The highest BCUT2D eigenvalue weighted by Gasteiger charge is 0.000548. The molecule has 0 aromatic carbocycles. The van der Waals surface area contributed by atoms with Crippen LogP contribution in [0.5, 0.6) is 0 Å². The molecule has 0 atom stereocenters. The quantitative estimate of drug-likeness (QED) is 0.316. The van der Waals surface area contributed by atoms with Crippen LogP contribution < -0.4 is 0 Å². The molecule has 0 aromatic rings. The lowest BCUT2D eigenvalue weighted by Gasteiger charge is -0.0786. The van der Waals surface area contributed by atoms with E-state index in [1.54, 1.807) is 0 Å². The summed E-state index contributed by atoms with van der Waals surface area (Å²) in [6.45, 7) is 0. The van der Waals surface area contributed by atoms with Gasteiger partial charge in [0.25, 0.3) is 0 Å². The lowest BCUT2D eigenvalue weighted by molar-refractivity contribution is 2.50. The summed E-state index contributed by atoms with van der Waals surface area (Å²) >= 11 is 0. The first-order valence-electron chi connectivity index (χ1n) is 0. The summed E-state index contributed by atoms with van der Waals surface area (Å²) in [5, 5.41) is 0. The standard InChI is InChI=1S/28CH4.B/h28*1H4;. The van der Waals surface area contributed by atoms with E-state index in [0.717, 1.165) is 0 Å². The first-order chi connectivity index (χ1) is 0. The summed E-state index contributed by atoms with van der Waals surface area (Å²) < 4.78 is 0. The first-order valence-corrected chi connectivity index (χ1v) is 0. The fourth-order valence-electron chi connectivity index (χ4n) is 0. The smallest absolute Gasteiger partial charge is 0 e. The van der Waals surface area contributed by atoms with Crippen molar-refractivity contribution in [1.82, 2.24) is 0 Å². The summed E-state index contributed by atoms with van der Waals surface area (Å²) in [6.07, 6.45) is 0. The molecule has 0 spiro atoms. The second-order valence-corrected chi connectivity index (χ2v) is 0. The Morgan fingerprint density at radius 2 is 0.0690 bits per heavy atom. The Balaban J connectivity index is 0. The Labute approximate surface area is 216 Å². The molecule has 227 valence electrons. The Kier molecular flexibility index (Phi) is 913000000000. The molecule has 0 nitrogen and oxygen atoms in total. The van der Waals surface area contributed by atoms with Gasteiger partial charge in [-0.05, 0) is 0 Å². The first kappa shape index (κ1) is 5430000. The van der Waals surface area contributed by atoms with E-state index in [4.69, 9.17) is 0 Å². The molecule has 29 heavy (non-hydrogen) atoms. The van der Waals surface area contributed by atoms with Crippen molar-refractivity contribution in [3.8, 4) is 0 Å². The minimum absolute atomic E-state index is 0. The number of rotatable bonds is 0. The maximum atomic E-state index is 0. The van der Waals surface area contributed by atoms with E-state index in [1.807, 2.05) is 0 Å². The average Bonchev–Trinajstić information content (AvgIpc) is 0. The molecule has 0 fully saturated rings. The van der Waals surface area contributed by atoms with Crippen LogP contribution in [0.15, 0.2) is 0 Å². The van der Waals surface area contributed by atoms with E-state index >= 15 is 0 Å². The van der Waals surface area contributed by atoms with Gasteiger partial charge in [-0.3, -0.25) is 0 Å². The Bertz CT molecular complexity index is 6.28. The molecule has 0 heterocycles. The second kappa shape index (κ2) is 4880000. The fourth-order valence-corrected chi connectivity index (χ4v) is 0.